The zero-order valence-corrected chi connectivity index (χ0v) is 26.0. The number of aromatic nitrogens is 1. The normalized spacial score (nSPS) is 11.8. The first kappa shape index (κ1) is 26.2. The summed E-state index contributed by atoms with van der Waals surface area (Å²) in [4.78, 5) is 5.48. The lowest BCUT2D eigenvalue weighted by Crippen LogP contribution is -1.95. The predicted octanol–water partition coefficient (Wildman–Crippen LogP) is 12.4. The lowest BCUT2D eigenvalue weighted by molar-refractivity contribution is 1.45. The van der Waals surface area contributed by atoms with Crippen molar-refractivity contribution in [3.63, 3.8) is 0 Å². The average molecular weight is 613 g/mol. The molecule has 2 nitrogen and oxygen atoms in total. The van der Waals surface area contributed by atoms with Crippen molar-refractivity contribution in [1.82, 2.24) is 4.98 Å². The van der Waals surface area contributed by atoms with E-state index < -0.39 is 0 Å². The minimum absolute atomic E-state index is 0.689. The molecule has 0 fully saturated rings. The van der Waals surface area contributed by atoms with Gasteiger partial charge in [0.25, 0.3) is 0 Å². The van der Waals surface area contributed by atoms with Crippen molar-refractivity contribution in [2.45, 2.75) is 0 Å². The molecule has 0 radical (unpaired) electrons. The first-order chi connectivity index (χ1) is 23.3. The molecule has 0 atom stereocenters. The van der Waals surface area contributed by atoms with Gasteiger partial charge < -0.3 is 0 Å². The van der Waals surface area contributed by atoms with E-state index in [1.54, 1.807) is 0 Å². The molecule has 10 rings (SSSR count). The molecule has 0 N–H and O–H groups in total. The Morgan fingerprint density at radius 3 is 1.70 bits per heavy atom. The summed E-state index contributed by atoms with van der Waals surface area (Å²) in [6, 6.07) is 54.1. The second-order valence-corrected chi connectivity index (χ2v) is 13.2. The van der Waals surface area contributed by atoms with E-state index in [1.165, 1.54) is 47.3 Å². The summed E-state index contributed by atoms with van der Waals surface area (Å²) in [6.45, 7) is 0. The second kappa shape index (κ2) is 9.96. The molecule has 216 valence electrons. The molecule has 2 aromatic heterocycles. The molecule has 3 heteroatoms. The Balaban J connectivity index is 1.40. The van der Waals surface area contributed by atoms with Crippen molar-refractivity contribution in [3.8, 4) is 28.5 Å². The molecule has 0 aliphatic carbocycles. The molecule has 47 heavy (non-hydrogen) atoms. The molecule has 0 aliphatic rings. The van der Waals surface area contributed by atoms with E-state index in [0.717, 1.165) is 49.3 Å². The Morgan fingerprint density at radius 2 is 1.00 bits per heavy atom. The van der Waals surface area contributed by atoms with Crippen LogP contribution < -0.4 is 0 Å². The first-order valence-electron chi connectivity index (χ1n) is 15.8. The highest BCUT2D eigenvalue weighted by molar-refractivity contribution is 7.26. The highest BCUT2D eigenvalue weighted by Crippen LogP contribution is 2.49. The third kappa shape index (κ3) is 3.68. The molecular formula is C44H24N2S. The average Bonchev–Trinajstić information content (AvgIpc) is 3.52. The standard InChI is InChI=1S/C44H24N2S/c45-25-26-21-22-34(28-12-2-1-11-27(26)28)40-30-14-3-5-16-32(30)41(33-17-6-4-15-31(33)40)43-37-24-23-35-29-13-8-10-20-39(29)47-44(35)42(37)36-18-7-9-19-38(36)46-43/h1-24H. The number of benzene rings is 8. The smallest absolute Gasteiger partial charge is 0.0998 e. The summed E-state index contributed by atoms with van der Waals surface area (Å²) in [5, 5.41) is 22.8. The molecule has 0 aliphatic heterocycles. The van der Waals surface area contributed by atoms with Crippen LogP contribution in [0.2, 0.25) is 0 Å². The SMILES string of the molecule is N#Cc1ccc(-c2c3ccccc3c(-c3nc4ccccc4c4c3ccc3c5ccccc5sc34)c3ccccc23)c2ccccc12. The van der Waals surface area contributed by atoms with Crippen LogP contribution in [0.15, 0.2) is 146 Å². The van der Waals surface area contributed by atoms with Crippen LogP contribution in [0.5, 0.6) is 0 Å². The largest absolute Gasteiger partial charge is 0.247 e. The molecule has 0 unspecified atom stereocenters. The van der Waals surface area contributed by atoms with E-state index in [9.17, 15) is 5.26 Å². The number of pyridine rings is 1. The van der Waals surface area contributed by atoms with Gasteiger partial charge in [-0.25, -0.2) is 4.98 Å². The van der Waals surface area contributed by atoms with Gasteiger partial charge in [0, 0.05) is 47.3 Å². The van der Waals surface area contributed by atoms with E-state index in [0.29, 0.717) is 5.56 Å². The van der Waals surface area contributed by atoms with Gasteiger partial charge in [-0.15, -0.1) is 11.3 Å². The van der Waals surface area contributed by atoms with Crippen LogP contribution >= 0.6 is 11.3 Å². The number of nitriles is 1. The van der Waals surface area contributed by atoms with Crippen molar-refractivity contribution < 1.29 is 0 Å². The molecule has 10 aromatic rings. The van der Waals surface area contributed by atoms with Gasteiger partial charge in [-0.05, 0) is 56.3 Å². The van der Waals surface area contributed by atoms with Crippen LogP contribution in [0.4, 0.5) is 0 Å². The molecule has 0 amide bonds. The van der Waals surface area contributed by atoms with Gasteiger partial charge in [-0.2, -0.15) is 5.26 Å². The zero-order chi connectivity index (χ0) is 31.1. The second-order valence-electron chi connectivity index (χ2n) is 12.1. The number of nitrogens with zero attached hydrogens (tertiary/aromatic N) is 2. The van der Waals surface area contributed by atoms with Gasteiger partial charge in [0.15, 0.2) is 0 Å². The third-order valence-corrected chi connectivity index (χ3v) is 10.9. The Hall–Kier alpha value is -6.08. The van der Waals surface area contributed by atoms with Crippen molar-refractivity contribution in [3.05, 3.63) is 151 Å². The van der Waals surface area contributed by atoms with Crippen LogP contribution in [0.3, 0.4) is 0 Å². The Bertz CT molecular complexity index is 2920. The molecule has 8 aromatic carbocycles. The van der Waals surface area contributed by atoms with Crippen LogP contribution in [0.25, 0.3) is 96.5 Å². The summed E-state index contributed by atoms with van der Waals surface area (Å²) in [5.74, 6) is 0. The fourth-order valence-electron chi connectivity index (χ4n) is 7.70. The number of para-hydroxylation sites is 1. The van der Waals surface area contributed by atoms with Gasteiger partial charge in [-0.3, -0.25) is 0 Å². The van der Waals surface area contributed by atoms with E-state index in [-0.39, 0.29) is 0 Å². The summed E-state index contributed by atoms with van der Waals surface area (Å²) < 4.78 is 2.60. The summed E-state index contributed by atoms with van der Waals surface area (Å²) in [7, 11) is 0. The maximum atomic E-state index is 9.92. The Morgan fingerprint density at radius 1 is 0.447 bits per heavy atom. The molecular weight excluding hydrogens is 589 g/mol. The minimum atomic E-state index is 0.689. The number of hydrogen-bond acceptors (Lipinski definition) is 3. The van der Waals surface area contributed by atoms with E-state index in [4.69, 9.17) is 4.98 Å². The lowest BCUT2D eigenvalue weighted by Gasteiger charge is -2.20. The van der Waals surface area contributed by atoms with E-state index in [1.807, 2.05) is 23.5 Å². The topological polar surface area (TPSA) is 36.7 Å². The van der Waals surface area contributed by atoms with Crippen molar-refractivity contribution in [2.75, 3.05) is 0 Å². The van der Waals surface area contributed by atoms with Crippen LogP contribution in [0, 0.1) is 11.3 Å². The highest BCUT2D eigenvalue weighted by Gasteiger charge is 2.22. The lowest BCUT2D eigenvalue weighted by atomic mass is 9.84. The summed E-state index contributed by atoms with van der Waals surface area (Å²) in [6.07, 6.45) is 0. The monoisotopic (exact) mass is 612 g/mol. The van der Waals surface area contributed by atoms with Crippen molar-refractivity contribution in [2.24, 2.45) is 0 Å². The summed E-state index contributed by atoms with van der Waals surface area (Å²) >= 11 is 1.87. The molecule has 0 bridgehead atoms. The molecule has 0 spiro atoms. The number of thiophene rings is 1. The Labute approximate surface area is 274 Å². The van der Waals surface area contributed by atoms with Gasteiger partial charge in [0.2, 0.25) is 0 Å². The Kier molecular flexibility index (Phi) is 5.55. The van der Waals surface area contributed by atoms with Gasteiger partial charge in [0.05, 0.1) is 22.8 Å². The maximum Gasteiger partial charge on any atom is 0.0998 e. The number of fused-ring (bicyclic) bond motifs is 10. The predicted molar refractivity (Wildman–Crippen MR) is 200 cm³/mol. The van der Waals surface area contributed by atoms with Crippen molar-refractivity contribution in [1.29, 1.82) is 5.26 Å². The van der Waals surface area contributed by atoms with Gasteiger partial charge in [-0.1, -0.05) is 127 Å². The fourth-order valence-corrected chi connectivity index (χ4v) is 8.96. The molecule has 0 saturated heterocycles. The van der Waals surface area contributed by atoms with E-state index >= 15 is 0 Å². The maximum absolute atomic E-state index is 9.92. The zero-order valence-electron chi connectivity index (χ0n) is 25.2. The van der Waals surface area contributed by atoms with Crippen LogP contribution in [0.1, 0.15) is 5.56 Å². The first-order valence-corrected chi connectivity index (χ1v) is 16.6. The van der Waals surface area contributed by atoms with Crippen LogP contribution in [-0.2, 0) is 0 Å². The van der Waals surface area contributed by atoms with Crippen molar-refractivity contribution >= 4 is 85.5 Å². The minimum Gasteiger partial charge on any atom is -0.247 e. The molecule has 0 saturated carbocycles. The molecule has 2 heterocycles. The van der Waals surface area contributed by atoms with Gasteiger partial charge >= 0.3 is 0 Å². The number of rotatable bonds is 2. The highest BCUT2D eigenvalue weighted by atomic mass is 32.1. The fraction of sp³-hybridized carbons (Fsp3) is 0. The number of hydrogen-bond donors (Lipinski definition) is 0. The van der Waals surface area contributed by atoms with Gasteiger partial charge in [0.1, 0.15) is 0 Å². The van der Waals surface area contributed by atoms with Crippen LogP contribution in [-0.4, -0.2) is 4.98 Å². The quantitative estimate of drug-likeness (QED) is 0.144. The van der Waals surface area contributed by atoms with E-state index in [2.05, 4.69) is 140 Å². The third-order valence-electron chi connectivity index (χ3n) is 9.69. The summed E-state index contributed by atoms with van der Waals surface area (Å²) in [5.41, 5.74) is 6.14.